The lowest BCUT2D eigenvalue weighted by molar-refractivity contribution is 0.130. The molecule has 200 valence electrons. The molecule has 5 rings (SSSR count). The van der Waals surface area contributed by atoms with Gasteiger partial charge in [-0.15, -0.1) is 24.8 Å². The summed E-state index contributed by atoms with van der Waals surface area (Å²) in [5, 5.41) is 4.21. The predicted molar refractivity (Wildman–Crippen MR) is 151 cm³/mol. The number of benzene rings is 2. The Labute approximate surface area is 239 Å². The molecular formula is C26H34BrCl3N2O4. The number of nitrogens with one attached hydrogen (secondary N) is 1. The molecule has 0 aromatic heterocycles. The molecule has 3 aliphatic rings. The van der Waals surface area contributed by atoms with Gasteiger partial charge < -0.3 is 24.3 Å². The fourth-order valence-electron chi connectivity index (χ4n) is 5.06. The van der Waals surface area contributed by atoms with E-state index in [0.29, 0.717) is 24.8 Å². The SMILES string of the molecule is CC1(C)Cc2cc(Br)cc(OCCCCN3CCNCC3c3cc(Cl)cc4c3OCCO4)c2O1.Cl.Cl. The molecule has 0 saturated carbocycles. The molecule has 10 heteroatoms. The van der Waals surface area contributed by atoms with Gasteiger partial charge in [0.05, 0.1) is 12.6 Å². The number of halogens is 4. The van der Waals surface area contributed by atoms with Crippen molar-refractivity contribution in [2.24, 2.45) is 0 Å². The number of hydrogen-bond donors (Lipinski definition) is 1. The fourth-order valence-corrected chi connectivity index (χ4v) is 5.76. The molecule has 2 aromatic carbocycles. The molecule has 1 atom stereocenters. The number of ether oxygens (including phenoxy) is 4. The standard InChI is InChI=1S/C26H32BrClN2O4.2ClH/c1-26(2)15-17-11-18(27)12-22(24(17)34-26)31-8-4-3-6-30-7-5-29-16-21(30)20-13-19(28)14-23-25(20)33-10-9-32-23;;/h11-14,21,29H,3-10,15-16H2,1-2H3;2*1H. The number of fused-ring (bicyclic) bond motifs is 2. The van der Waals surface area contributed by atoms with Gasteiger partial charge in [-0.05, 0) is 51.4 Å². The molecule has 3 heterocycles. The van der Waals surface area contributed by atoms with Crippen LogP contribution in [0.3, 0.4) is 0 Å². The molecule has 0 bridgehead atoms. The molecule has 1 N–H and O–H groups in total. The molecule has 0 aliphatic carbocycles. The van der Waals surface area contributed by atoms with Gasteiger partial charge in [-0.25, -0.2) is 0 Å². The Morgan fingerprint density at radius 3 is 2.75 bits per heavy atom. The first kappa shape index (κ1) is 29.5. The lowest BCUT2D eigenvalue weighted by Crippen LogP contribution is -2.46. The van der Waals surface area contributed by atoms with E-state index in [-0.39, 0.29) is 36.5 Å². The molecule has 1 saturated heterocycles. The molecule has 0 radical (unpaired) electrons. The Hall–Kier alpha value is -1.09. The van der Waals surface area contributed by atoms with Crippen molar-refractivity contribution in [1.29, 1.82) is 0 Å². The van der Waals surface area contributed by atoms with Gasteiger partial charge in [0.1, 0.15) is 18.8 Å². The van der Waals surface area contributed by atoms with E-state index in [4.69, 9.17) is 30.5 Å². The number of piperazine rings is 1. The Kier molecular flexibility index (Phi) is 10.3. The van der Waals surface area contributed by atoms with Crippen molar-refractivity contribution in [2.45, 2.75) is 44.8 Å². The highest BCUT2D eigenvalue weighted by atomic mass is 79.9. The third-order valence-corrected chi connectivity index (χ3v) is 7.21. The van der Waals surface area contributed by atoms with E-state index >= 15 is 0 Å². The van der Waals surface area contributed by atoms with Crippen LogP contribution in [0.4, 0.5) is 0 Å². The molecule has 6 nitrogen and oxygen atoms in total. The first-order valence-electron chi connectivity index (χ1n) is 12.1. The van der Waals surface area contributed by atoms with Gasteiger partial charge in [-0.2, -0.15) is 0 Å². The maximum atomic E-state index is 6.42. The highest BCUT2D eigenvalue weighted by Crippen LogP contribution is 2.44. The molecule has 3 aliphatic heterocycles. The Morgan fingerprint density at radius 2 is 1.92 bits per heavy atom. The van der Waals surface area contributed by atoms with Crippen LogP contribution in [-0.4, -0.2) is 56.5 Å². The topological polar surface area (TPSA) is 52.2 Å². The van der Waals surface area contributed by atoms with Crippen molar-refractivity contribution in [2.75, 3.05) is 46.0 Å². The van der Waals surface area contributed by atoms with Crippen LogP contribution in [-0.2, 0) is 6.42 Å². The third-order valence-electron chi connectivity index (χ3n) is 6.54. The quantitative estimate of drug-likeness (QED) is 0.369. The monoisotopic (exact) mass is 622 g/mol. The summed E-state index contributed by atoms with van der Waals surface area (Å²) in [4.78, 5) is 2.52. The van der Waals surface area contributed by atoms with E-state index in [2.05, 4.69) is 46.1 Å². The largest absolute Gasteiger partial charge is 0.490 e. The smallest absolute Gasteiger partial charge is 0.166 e. The number of rotatable bonds is 7. The fraction of sp³-hybridized carbons (Fsp3) is 0.538. The molecule has 36 heavy (non-hydrogen) atoms. The molecular weight excluding hydrogens is 591 g/mol. The second-order valence-electron chi connectivity index (χ2n) is 9.76. The second-order valence-corrected chi connectivity index (χ2v) is 11.1. The van der Waals surface area contributed by atoms with Crippen LogP contribution in [0.2, 0.25) is 5.02 Å². The van der Waals surface area contributed by atoms with Crippen LogP contribution in [0.5, 0.6) is 23.0 Å². The van der Waals surface area contributed by atoms with E-state index in [1.807, 2.05) is 18.2 Å². The zero-order valence-corrected chi connectivity index (χ0v) is 24.6. The second kappa shape index (κ2) is 12.6. The average molecular weight is 625 g/mol. The summed E-state index contributed by atoms with van der Waals surface area (Å²) in [6.45, 7) is 9.82. The van der Waals surface area contributed by atoms with E-state index in [0.717, 1.165) is 78.5 Å². The zero-order valence-electron chi connectivity index (χ0n) is 20.6. The van der Waals surface area contributed by atoms with Gasteiger partial charge in [0.25, 0.3) is 0 Å². The third kappa shape index (κ3) is 6.66. The van der Waals surface area contributed by atoms with E-state index in [9.17, 15) is 0 Å². The summed E-state index contributed by atoms with van der Waals surface area (Å²) in [6, 6.07) is 8.22. The van der Waals surface area contributed by atoms with Crippen molar-refractivity contribution < 1.29 is 18.9 Å². The minimum atomic E-state index is -0.188. The molecule has 0 amide bonds. The maximum Gasteiger partial charge on any atom is 0.166 e. The normalized spacial score (nSPS) is 19.9. The summed E-state index contributed by atoms with van der Waals surface area (Å²) in [6.07, 6.45) is 2.90. The first-order chi connectivity index (χ1) is 16.4. The highest BCUT2D eigenvalue weighted by Gasteiger charge is 2.33. The number of unbranched alkanes of at least 4 members (excludes halogenated alkanes) is 1. The van der Waals surface area contributed by atoms with Gasteiger partial charge in [-0.3, -0.25) is 4.90 Å². The van der Waals surface area contributed by atoms with E-state index in [1.165, 1.54) is 5.56 Å². The molecule has 1 fully saturated rings. The Bertz CT molecular complexity index is 1060. The Morgan fingerprint density at radius 1 is 1.11 bits per heavy atom. The summed E-state index contributed by atoms with van der Waals surface area (Å²) in [5.41, 5.74) is 2.12. The summed E-state index contributed by atoms with van der Waals surface area (Å²) < 4.78 is 25.2. The van der Waals surface area contributed by atoms with Crippen molar-refractivity contribution in [1.82, 2.24) is 10.2 Å². The zero-order chi connectivity index (χ0) is 23.7. The van der Waals surface area contributed by atoms with Crippen molar-refractivity contribution in [3.63, 3.8) is 0 Å². The minimum absolute atomic E-state index is 0. The molecule has 1 unspecified atom stereocenters. The predicted octanol–water partition coefficient (Wildman–Crippen LogP) is 6.24. The minimum Gasteiger partial charge on any atom is -0.490 e. The lowest BCUT2D eigenvalue weighted by Gasteiger charge is -2.38. The van der Waals surface area contributed by atoms with Crippen LogP contribution in [0.25, 0.3) is 0 Å². The summed E-state index contributed by atoms with van der Waals surface area (Å²) >= 11 is 10.0. The van der Waals surface area contributed by atoms with Crippen LogP contribution < -0.4 is 24.3 Å². The van der Waals surface area contributed by atoms with E-state index in [1.54, 1.807) is 0 Å². The molecule has 0 spiro atoms. The van der Waals surface area contributed by atoms with Crippen molar-refractivity contribution in [3.05, 3.63) is 44.9 Å². The maximum absolute atomic E-state index is 6.42. The van der Waals surface area contributed by atoms with Gasteiger partial charge in [-0.1, -0.05) is 27.5 Å². The van der Waals surface area contributed by atoms with Crippen LogP contribution >= 0.6 is 52.3 Å². The van der Waals surface area contributed by atoms with Gasteiger partial charge in [0.2, 0.25) is 0 Å². The summed E-state index contributed by atoms with van der Waals surface area (Å²) in [5.74, 6) is 3.31. The summed E-state index contributed by atoms with van der Waals surface area (Å²) in [7, 11) is 0. The Balaban J connectivity index is 0.00000180. The van der Waals surface area contributed by atoms with Gasteiger partial charge in [0, 0.05) is 52.7 Å². The van der Waals surface area contributed by atoms with Crippen LogP contribution in [0.15, 0.2) is 28.7 Å². The number of nitrogens with zero attached hydrogens (tertiary/aromatic N) is 1. The number of hydrogen-bond acceptors (Lipinski definition) is 6. The van der Waals surface area contributed by atoms with Crippen LogP contribution in [0.1, 0.15) is 43.9 Å². The van der Waals surface area contributed by atoms with Gasteiger partial charge in [0.15, 0.2) is 23.0 Å². The highest BCUT2D eigenvalue weighted by molar-refractivity contribution is 9.10. The van der Waals surface area contributed by atoms with Crippen molar-refractivity contribution in [3.8, 4) is 23.0 Å². The van der Waals surface area contributed by atoms with Crippen molar-refractivity contribution >= 4 is 52.3 Å². The van der Waals surface area contributed by atoms with E-state index < -0.39 is 0 Å². The average Bonchev–Trinajstić information content (AvgIpc) is 3.12. The molecule has 2 aromatic rings. The first-order valence-corrected chi connectivity index (χ1v) is 13.2. The lowest BCUT2D eigenvalue weighted by atomic mass is 10.0. The van der Waals surface area contributed by atoms with Gasteiger partial charge >= 0.3 is 0 Å². The van der Waals surface area contributed by atoms with Crippen LogP contribution in [0, 0.1) is 0 Å².